The van der Waals surface area contributed by atoms with Crippen LogP contribution in [0.5, 0.6) is 0 Å². The molecule has 0 bridgehead atoms. The molecule has 13 heavy (non-hydrogen) atoms. The Morgan fingerprint density at radius 3 is 3.08 bits per heavy atom. The third-order valence-electron chi connectivity index (χ3n) is 1.38. The summed E-state index contributed by atoms with van der Waals surface area (Å²) in [4.78, 5) is 12.6. The van der Waals surface area contributed by atoms with E-state index in [4.69, 9.17) is 10.6 Å². The first kappa shape index (κ1) is 9.44. The van der Waals surface area contributed by atoms with Crippen LogP contribution in [-0.4, -0.2) is 22.3 Å². The smallest absolute Gasteiger partial charge is 0.220 e. The first-order chi connectivity index (χ1) is 6.24. The molecule has 0 saturated carbocycles. The number of hydrogen-bond acceptors (Lipinski definition) is 5. The molecular weight excluding hydrogens is 168 g/mol. The van der Waals surface area contributed by atoms with Crippen molar-refractivity contribution in [1.82, 2.24) is 9.97 Å². The van der Waals surface area contributed by atoms with Crippen molar-refractivity contribution in [3.63, 3.8) is 0 Å². The molecule has 2 N–H and O–H groups in total. The van der Waals surface area contributed by atoms with E-state index in [1.54, 1.807) is 19.2 Å². The zero-order valence-corrected chi connectivity index (χ0v) is 7.69. The van der Waals surface area contributed by atoms with Gasteiger partial charge >= 0.3 is 0 Å². The van der Waals surface area contributed by atoms with E-state index in [1.807, 2.05) is 6.92 Å². The standard InChI is InChI=1S/C8H12N4O/c1-3-13-12-6(2)7-4-5-10-8(9)11-7/h4-5H,3H2,1-2H3,(H2,9,10,11)/b12-6-. The Morgan fingerprint density at radius 2 is 2.46 bits per heavy atom. The van der Waals surface area contributed by atoms with E-state index >= 15 is 0 Å². The Hall–Kier alpha value is -1.65. The molecule has 1 heterocycles. The van der Waals surface area contributed by atoms with Crippen molar-refractivity contribution in [2.45, 2.75) is 13.8 Å². The van der Waals surface area contributed by atoms with E-state index in [0.717, 1.165) is 0 Å². The lowest BCUT2D eigenvalue weighted by molar-refractivity contribution is 0.159. The van der Waals surface area contributed by atoms with Gasteiger partial charge in [0.1, 0.15) is 12.3 Å². The van der Waals surface area contributed by atoms with E-state index in [1.165, 1.54) is 0 Å². The summed E-state index contributed by atoms with van der Waals surface area (Å²) >= 11 is 0. The normalized spacial score (nSPS) is 11.4. The van der Waals surface area contributed by atoms with Gasteiger partial charge in [-0.2, -0.15) is 0 Å². The molecular formula is C8H12N4O. The summed E-state index contributed by atoms with van der Waals surface area (Å²) in [5, 5.41) is 3.82. The Kier molecular flexibility index (Phi) is 3.19. The highest BCUT2D eigenvalue weighted by molar-refractivity contribution is 5.96. The van der Waals surface area contributed by atoms with Crippen LogP contribution < -0.4 is 5.73 Å². The molecule has 70 valence electrons. The number of hydrogen-bond donors (Lipinski definition) is 1. The zero-order chi connectivity index (χ0) is 9.68. The van der Waals surface area contributed by atoms with Crippen LogP contribution in [0.1, 0.15) is 19.5 Å². The number of nitrogens with zero attached hydrogens (tertiary/aromatic N) is 3. The summed E-state index contributed by atoms with van der Waals surface area (Å²) in [6.07, 6.45) is 1.59. The van der Waals surface area contributed by atoms with Crippen LogP contribution in [0, 0.1) is 0 Å². The largest absolute Gasteiger partial charge is 0.396 e. The average Bonchev–Trinajstić information content (AvgIpc) is 2.14. The molecule has 1 aromatic rings. The van der Waals surface area contributed by atoms with Gasteiger partial charge < -0.3 is 10.6 Å². The molecule has 1 rings (SSSR count). The number of oxime groups is 1. The molecule has 5 heteroatoms. The quantitative estimate of drug-likeness (QED) is 0.552. The second-order valence-corrected chi connectivity index (χ2v) is 2.39. The molecule has 0 atom stereocenters. The fourth-order valence-corrected chi connectivity index (χ4v) is 0.783. The Morgan fingerprint density at radius 1 is 1.69 bits per heavy atom. The van der Waals surface area contributed by atoms with Gasteiger partial charge in [0.15, 0.2) is 0 Å². The van der Waals surface area contributed by atoms with Gasteiger partial charge in [0.2, 0.25) is 5.95 Å². The van der Waals surface area contributed by atoms with Gasteiger partial charge in [-0.1, -0.05) is 5.16 Å². The Labute approximate surface area is 76.6 Å². The van der Waals surface area contributed by atoms with Crippen molar-refractivity contribution in [1.29, 1.82) is 0 Å². The predicted molar refractivity (Wildman–Crippen MR) is 50.3 cm³/mol. The number of anilines is 1. The van der Waals surface area contributed by atoms with Gasteiger partial charge in [-0.05, 0) is 19.9 Å². The molecule has 0 amide bonds. The van der Waals surface area contributed by atoms with Crippen LogP contribution in [0.25, 0.3) is 0 Å². The highest BCUT2D eigenvalue weighted by Gasteiger charge is 1.99. The van der Waals surface area contributed by atoms with Crippen molar-refractivity contribution in [2.24, 2.45) is 5.16 Å². The van der Waals surface area contributed by atoms with Crippen LogP contribution in [0.3, 0.4) is 0 Å². The third kappa shape index (κ3) is 2.70. The minimum atomic E-state index is 0.239. The lowest BCUT2D eigenvalue weighted by atomic mass is 10.3. The SMILES string of the molecule is CCO/N=C(/C)c1ccnc(N)n1. The topological polar surface area (TPSA) is 73.4 Å². The summed E-state index contributed by atoms with van der Waals surface area (Å²) in [6.45, 7) is 4.21. The van der Waals surface area contributed by atoms with Crippen molar-refractivity contribution in [3.8, 4) is 0 Å². The van der Waals surface area contributed by atoms with E-state index in [0.29, 0.717) is 18.0 Å². The first-order valence-electron chi connectivity index (χ1n) is 3.99. The van der Waals surface area contributed by atoms with Gasteiger partial charge in [-0.3, -0.25) is 0 Å². The van der Waals surface area contributed by atoms with Gasteiger partial charge in [0.25, 0.3) is 0 Å². The second kappa shape index (κ2) is 4.39. The van der Waals surface area contributed by atoms with E-state index in [2.05, 4.69) is 15.1 Å². The van der Waals surface area contributed by atoms with E-state index in [-0.39, 0.29) is 5.95 Å². The summed E-state index contributed by atoms with van der Waals surface area (Å²) in [5.41, 5.74) is 6.78. The number of nitrogen functional groups attached to an aromatic ring is 1. The first-order valence-corrected chi connectivity index (χ1v) is 3.99. The summed E-state index contributed by atoms with van der Waals surface area (Å²) in [6, 6.07) is 1.73. The maximum Gasteiger partial charge on any atom is 0.220 e. The van der Waals surface area contributed by atoms with E-state index < -0.39 is 0 Å². The third-order valence-corrected chi connectivity index (χ3v) is 1.38. The average molecular weight is 180 g/mol. The molecule has 0 radical (unpaired) electrons. The molecule has 5 nitrogen and oxygen atoms in total. The lowest BCUT2D eigenvalue weighted by Gasteiger charge is -1.99. The maximum atomic E-state index is 5.41. The predicted octanol–water partition coefficient (Wildman–Crippen LogP) is 0.819. The van der Waals surface area contributed by atoms with Crippen LogP contribution in [0.4, 0.5) is 5.95 Å². The van der Waals surface area contributed by atoms with Crippen molar-refractivity contribution in [3.05, 3.63) is 18.0 Å². The van der Waals surface area contributed by atoms with Crippen LogP contribution in [0.15, 0.2) is 17.4 Å². The summed E-state index contributed by atoms with van der Waals surface area (Å²) < 4.78 is 0. The van der Waals surface area contributed by atoms with Crippen molar-refractivity contribution < 1.29 is 4.84 Å². The minimum absolute atomic E-state index is 0.239. The summed E-state index contributed by atoms with van der Waals surface area (Å²) in [5.74, 6) is 0.239. The molecule has 0 fully saturated rings. The number of aromatic nitrogens is 2. The highest BCUT2D eigenvalue weighted by Crippen LogP contribution is 1.98. The maximum absolute atomic E-state index is 5.41. The monoisotopic (exact) mass is 180 g/mol. The Bertz CT molecular complexity index is 311. The second-order valence-electron chi connectivity index (χ2n) is 2.39. The lowest BCUT2D eigenvalue weighted by Crippen LogP contribution is -2.03. The molecule has 1 aromatic heterocycles. The fraction of sp³-hybridized carbons (Fsp3) is 0.375. The molecule has 0 spiro atoms. The molecule has 0 unspecified atom stereocenters. The number of nitrogens with two attached hydrogens (primary N) is 1. The minimum Gasteiger partial charge on any atom is -0.396 e. The molecule has 0 aliphatic carbocycles. The van der Waals surface area contributed by atoms with Crippen LogP contribution in [-0.2, 0) is 4.84 Å². The van der Waals surface area contributed by atoms with Crippen LogP contribution in [0.2, 0.25) is 0 Å². The van der Waals surface area contributed by atoms with Crippen molar-refractivity contribution in [2.75, 3.05) is 12.3 Å². The molecule has 0 aromatic carbocycles. The zero-order valence-electron chi connectivity index (χ0n) is 7.69. The number of rotatable bonds is 3. The summed E-state index contributed by atoms with van der Waals surface area (Å²) in [7, 11) is 0. The van der Waals surface area contributed by atoms with Gasteiger partial charge in [-0.25, -0.2) is 9.97 Å². The molecule has 0 aliphatic heterocycles. The molecule has 0 aliphatic rings. The Balaban J connectivity index is 2.82. The highest BCUT2D eigenvalue weighted by atomic mass is 16.6. The van der Waals surface area contributed by atoms with Gasteiger partial charge in [0, 0.05) is 6.20 Å². The van der Waals surface area contributed by atoms with Crippen molar-refractivity contribution >= 4 is 11.7 Å². The van der Waals surface area contributed by atoms with Gasteiger partial charge in [0.05, 0.1) is 5.69 Å². The van der Waals surface area contributed by atoms with E-state index in [9.17, 15) is 0 Å². The van der Waals surface area contributed by atoms with Gasteiger partial charge in [-0.15, -0.1) is 0 Å². The fourth-order valence-electron chi connectivity index (χ4n) is 0.783. The molecule has 0 saturated heterocycles. The van der Waals surface area contributed by atoms with Crippen LogP contribution >= 0.6 is 0 Å².